The molecule has 0 aliphatic carbocycles. The molecule has 0 aliphatic rings. The summed E-state index contributed by atoms with van der Waals surface area (Å²) < 4.78 is 18.9. The van der Waals surface area contributed by atoms with Crippen LogP contribution in [0.5, 0.6) is 5.75 Å². The Morgan fingerprint density at radius 2 is 1.95 bits per heavy atom. The van der Waals surface area contributed by atoms with Gasteiger partial charge in [-0.25, -0.2) is 5.01 Å². The van der Waals surface area contributed by atoms with Crippen LogP contribution in [0.3, 0.4) is 0 Å². The molecule has 0 spiro atoms. The molecular formula is C14H12FN3O4. The number of halogens is 1. The second-order valence-electron chi connectivity index (χ2n) is 4.43. The maximum Gasteiger partial charge on any atom is 0.304 e. The van der Waals surface area contributed by atoms with Gasteiger partial charge >= 0.3 is 5.69 Å². The Balaban J connectivity index is 2.02. The summed E-state index contributed by atoms with van der Waals surface area (Å²) in [6.07, 6.45) is 0. The van der Waals surface area contributed by atoms with Crippen LogP contribution in [0.25, 0.3) is 0 Å². The molecule has 0 radical (unpaired) electrons. The van der Waals surface area contributed by atoms with E-state index in [0.29, 0.717) is 17.0 Å². The van der Waals surface area contributed by atoms with Crippen LogP contribution in [-0.2, 0) is 6.61 Å². The van der Waals surface area contributed by atoms with Crippen molar-refractivity contribution in [2.75, 3.05) is 12.1 Å². The quantitative estimate of drug-likeness (QED) is 0.463. The van der Waals surface area contributed by atoms with Crippen LogP contribution in [0.4, 0.5) is 15.8 Å². The molecule has 0 amide bonds. The molecule has 0 saturated heterocycles. The Kier molecular flexibility index (Phi) is 4.62. The zero-order valence-electron chi connectivity index (χ0n) is 11.6. The van der Waals surface area contributed by atoms with Crippen LogP contribution in [0.2, 0.25) is 0 Å². The van der Waals surface area contributed by atoms with Gasteiger partial charge in [0, 0.05) is 13.1 Å². The van der Waals surface area contributed by atoms with E-state index in [1.165, 1.54) is 13.1 Å². The minimum atomic E-state index is -0.903. The molecule has 2 aromatic carbocycles. The van der Waals surface area contributed by atoms with E-state index in [4.69, 9.17) is 4.74 Å². The fourth-order valence-electron chi connectivity index (χ4n) is 1.76. The van der Waals surface area contributed by atoms with Crippen molar-refractivity contribution >= 4 is 11.4 Å². The van der Waals surface area contributed by atoms with Crippen LogP contribution in [0.1, 0.15) is 5.56 Å². The Morgan fingerprint density at radius 1 is 1.27 bits per heavy atom. The van der Waals surface area contributed by atoms with Gasteiger partial charge in [0.2, 0.25) is 5.82 Å². The normalized spacial score (nSPS) is 10.1. The molecule has 22 heavy (non-hydrogen) atoms. The number of nitro benzene ring substituents is 1. The second kappa shape index (κ2) is 6.61. The standard InChI is InChI=1S/C14H12FN3O4/c1-17(16-19)11-3-5-12(6-4-11)22-9-10-2-7-14(18(20)21)13(15)8-10/h2-8H,9H2,1H3. The van der Waals surface area contributed by atoms with Crippen molar-refractivity contribution in [3.63, 3.8) is 0 Å². The van der Waals surface area contributed by atoms with Crippen LogP contribution < -0.4 is 9.75 Å². The first-order chi connectivity index (χ1) is 10.5. The topological polar surface area (TPSA) is 85.0 Å². The summed E-state index contributed by atoms with van der Waals surface area (Å²) >= 11 is 0. The van der Waals surface area contributed by atoms with Gasteiger partial charge in [-0.1, -0.05) is 0 Å². The van der Waals surface area contributed by atoms with Crippen molar-refractivity contribution in [3.05, 3.63) is 68.9 Å². The van der Waals surface area contributed by atoms with Crippen molar-refractivity contribution in [2.24, 2.45) is 5.29 Å². The summed E-state index contributed by atoms with van der Waals surface area (Å²) in [5, 5.41) is 14.4. The lowest BCUT2D eigenvalue weighted by molar-refractivity contribution is -0.387. The molecule has 0 atom stereocenters. The predicted octanol–water partition coefficient (Wildman–Crippen LogP) is 3.43. The van der Waals surface area contributed by atoms with Gasteiger partial charge in [0.15, 0.2) is 0 Å². The first-order valence-corrected chi connectivity index (χ1v) is 6.24. The predicted molar refractivity (Wildman–Crippen MR) is 78.0 cm³/mol. The van der Waals surface area contributed by atoms with Crippen LogP contribution >= 0.6 is 0 Å². The average Bonchev–Trinajstić information content (AvgIpc) is 2.52. The first kappa shape index (κ1) is 15.4. The molecule has 2 aromatic rings. The van der Waals surface area contributed by atoms with Gasteiger partial charge in [0.25, 0.3) is 0 Å². The third-order valence-electron chi connectivity index (χ3n) is 2.95. The maximum atomic E-state index is 13.5. The van der Waals surface area contributed by atoms with Gasteiger partial charge in [0.1, 0.15) is 12.4 Å². The van der Waals surface area contributed by atoms with Crippen LogP contribution in [-0.4, -0.2) is 12.0 Å². The average molecular weight is 305 g/mol. The SMILES string of the molecule is CN(N=O)c1ccc(OCc2ccc([N+](=O)[O-])c(F)c2)cc1. The third-order valence-corrected chi connectivity index (χ3v) is 2.95. The van der Waals surface area contributed by atoms with E-state index in [1.807, 2.05) is 0 Å². The van der Waals surface area contributed by atoms with E-state index >= 15 is 0 Å². The van der Waals surface area contributed by atoms with E-state index in [0.717, 1.165) is 17.1 Å². The Bertz CT molecular complexity index is 691. The fraction of sp³-hybridized carbons (Fsp3) is 0.143. The molecule has 7 nitrogen and oxygen atoms in total. The van der Waals surface area contributed by atoms with Crippen molar-refractivity contribution in [1.82, 2.24) is 0 Å². The zero-order chi connectivity index (χ0) is 16.1. The van der Waals surface area contributed by atoms with Crippen LogP contribution in [0, 0.1) is 20.8 Å². The molecule has 0 saturated carbocycles. The number of anilines is 1. The van der Waals surface area contributed by atoms with E-state index < -0.39 is 16.4 Å². The number of rotatable bonds is 6. The Hall–Kier alpha value is -3.03. The molecule has 0 bridgehead atoms. The summed E-state index contributed by atoms with van der Waals surface area (Å²) in [6.45, 7) is 0.0655. The van der Waals surface area contributed by atoms with Gasteiger partial charge in [-0.2, -0.15) is 4.39 Å². The summed E-state index contributed by atoms with van der Waals surface area (Å²) in [5.74, 6) is -0.387. The highest BCUT2D eigenvalue weighted by atomic mass is 19.1. The summed E-state index contributed by atoms with van der Waals surface area (Å²) in [5.41, 5.74) is 0.500. The molecule has 0 N–H and O–H groups in total. The van der Waals surface area contributed by atoms with Gasteiger partial charge in [-0.05, 0) is 42.0 Å². The lowest BCUT2D eigenvalue weighted by atomic mass is 10.2. The summed E-state index contributed by atoms with van der Waals surface area (Å²) in [7, 11) is 1.52. The highest BCUT2D eigenvalue weighted by molar-refractivity contribution is 5.47. The first-order valence-electron chi connectivity index (χ1n) is 6.24. The zero-order valence-corrected chi connectivity index (χ0v) is 11.6. The fourth-order valence-corrected chi connectivity index (χ4v) is 1.76. The highest BCUT2D eigenvalue weighted by Crippen LogP contribution is 2.21. The molecule has 0 heterocycles. The molecule has 8 heteroatoms. The minimum absolute atomic E-state index is 0.0655. The molecule has 0 aliphatic heterocycles. The number of benzene rings is 2. The summed E-state index contributed by atoms with van der Waals surface area (Å²) in [4.78, 5) is 20.1. The van der Waals surface area contributed by atoms with E-state index in [2.05, 4.69) is 5.29 Å². The largest absolute Gasteiger partial charge is 0.489 e. The van der Waals surface area contributed by atoms with E-state index in [-0.39, 0.29) is 6.61 Å². The summed E-state index contributed by atoms with van der Waals surface area (Å²) in [6, 6.07) is 10.2. The van der Waals surface area contributed by atoms with Crippen LogP contribution in [0.15, 0.2) is 47.8 Å². The number of nitroso groups, excluding NO2 is 1. The number of nitro groups is 1. The lowest BCUT2D eigenvalue weighted by Crippen LogP contribution is -2.06. The highest BCUT2D eigenvalue weighted by Gasteiger charge is 2.13. The van der Waals surface area contributed by atoms with Crippen molar-refractivity contribution in [2.45, 2.75) is 6.61 Å². The number of hydrogen-bond acceptors (Lipinski definition) is 5. The molecule has 0 fully saturated rings. The number of ether oxygens (including phenoxy) is 1. The van der Waals surface area contributed by atoms with Gasteiger partial charge in [-0.15, -0.1) is 4.91 Å². The Morgan fingerprint density at radius 3 is 2.50 bits per heavy atom. The molecule has 2 rings (SSSR count). The lowest BCUT2D eigenvalue weighted by Gasteiger charge is -2.10. The monoisotopic (exact) mass is 305 g/mol. The Labute approximate surface area is 125 Å². The van der Waals surface area contributed by atoms with Crippen molar-refractivity contribution < 1.29 is 14.1 Å². The van der Waals surface area contributed by atoms with Gasteiger partial charge in [-0.3, -0.25) is 10.1 Å². The third kappa shape index (κ3) is 3.54. The molecule has 114 valence electrons. The van der Waals surface area contributed by atoms with E-state index in [1.54, 1.807) is 24.3 Å². The molecule has 0 aromatic heterocycles. The smallest absolute Gasteiger partial charge is 0.304 e. The maximum absolute atomic E-state index is 13.5. The molecular weight excluding hydrogens is 293 g/mol. The molecule has 0 unspecified atom stereocenters. The van der Waals surface area contributed by atoms with E-state index in [9.17, 15) is 19.4 Å². The minimum Gasteiger partial charge on any atom is -0.489 e. The van der Waals surface area contributed by atoms with Gasteiger partial charge < -0.3 is 4.74 Å². The number of hydrogen-bond donors (Lipinski definition) is 0. The second-order valence-corrected chi connectivity index (χ2v) is 4.43. The number of nitrogens with zero attached hydrogens (tertiary/aromatic N) is 3. The van der Waals surface area contributed by atoms with Gasteiger partial charge in [0.05, 0.1) is 15.9 Å². The van der Waals surface area contributed by atoms with Crippen molar-refractivity contribution in [3.8, 4) is 5.75 Å². The van der Waals surface area contributed by atoms with Crippen molar-refractivity contribution in [1.29, 1.82) is 0 Å².